The topological polar surface area (TPSA) is 92.8 Å². The van der Waals surface area contributed by atoms with Crippen LogP contribution in [-0.2, 0) is 25.5 Å². The Balaban J connectivity index is 1.62. The van der Waals surface area contributed by atoms with Crippen LogP contribution < -0.4 is 5.32 Å². The highest BCUT2D eigenvalue weighted by atomic mass is 32.2. The van der Waals surface area contributed by atoms with E-state index in [-0.39, 0.29) is 47.1 Å². The molecule has 2 amide bonds. The molecule has 0 radical (unpaired) electrons. The van der Waals surface area contributed by atoms with Gasteiger partial charge in [0.05, 0.1) is 29.7 Å². The maximum absolute atomic E-state index is 14.9. The summed E-state index contributed by atoms with van der Waals surface area (Å²) >= 11 is 0. The fourth-order valence-corrected chi connectivity index (χ4v) is 5.56. The molecule has 0 aromatic heterocycles. The summed E-state index contributed by atoms with van der Waals surface area (Å²) in [6.07, 6.45) is -3.39. The number of nitrogens with one attached hydrogen (secondary N) is 1. The molecule has 4 rings (SSSR count). The summed E-state index contributed by atoms with van der Waals surface area (Å²) in [5, 5.41) is 2.76. The van der Waals surface area contributed by atoms with Crippen molar-refractivity contribution in [1.29, 1.82) is 0 Å². The van der Waals surface area contributed by atoms with Gasteiger partial charge in [-0.1, -0.05) is 19.1 Å². The largest absolute Gasteiger partial charge is 0.416 e. The van der Waals surface area contributed by atoms with Crippen LogP contribution in [0.25, 0.3) is 0 Å². The molecule has 2 fully saturated rings. The molecule has 12 heteroatoms. The molecule has 2 aromatic rings. The first-order chi connectivity index (χ1) is 17.7. The number of benzene rings is 2. The zero-order valence-electron chi connectivity index (χ0n) is 21.0. The Morgan fingerprint density at radius 2 is 1.79 bits per heavy atom. The lowest BCUT2D eigenvalue weighted by molar-refractivity contribution is -0.138. The molecule has 2 aliphatic heterocycles. The molecule has 1 unspecified atom stereocenters. The maximum Gasteiger partial charge on any atom is 0.416 e. The van der Waals surface area contributed by atoms with Gasteiger partial charge in [-0.05, 0) is 49.6 Å². The first-order valence-electron chi connectivity index (χ1n) is 12.1. The summed E-state index contributed by atoms with van der Waals surface area (Å²) in [5.74, 6) is -2.66. The Bertz CT molecular complexity index is 1340. The molecule has 0 bridgehead atoms. The van der Waals surface area contributed by atoms with Crippen LogP contribution in [0.5, 0.6) is 0 Å². The minimum absolute atomic E-state index is 0.0351. The fourth-order valence-electron chi connectivity index (χ4n) is 4.89. The highest BCUT2D eigenvalue weighted by Gasteiger charge is 2.45. The summed E-state index contributed by atoms with van der Waals surface area (Å²) in [6.45, 7) is 4.02. The van der Waals surface area contributed by atoms with Crippen molar-refractivity contribution in [3.05, 3.63) is 65.0 Å². The number of likely N-dealkylation sites (tertiary alicyclic amines) is 1. The van der Waals surface area contributed by atoms with E-state index < -0.39 is 51.3 Å². The molecule has 38 heavy (non-hydrogen) atoms. The van der Waals surface area contributed by atoms with Gasteiger partial charge >= 0.3 is 6.18 Å². The number of sulfone groups is 1. The molecule has 2 saturated heterocycles. The van der Waals surface area contributed by atoms with Crippen molar-refractivity contribution in [3.8, 4) is 0 Å². The van der Waals surface area contributed by atoms with E-state index in [2.05, 4.69) is 5.32 Å². The van der Waals surface area contributed by atoms with Gasteiger partial charge in [-0.2, -0.15) is 13.2 Å². The van der Waals surface area contributed by atoms with E-state index in [1.54, 1.807) is 6.92 Å². The van der Waals surface area contributed by atoms with E-state index in [0.29, 0.717) is 12.5 Å². The molecular formula is C26H28F4N2O5S. The number of ether oxygens (including phenoxy) is 1. The monoisotopic (exact) mass is 556 g/mol. The summed E-state index contributed by atoms with van der Waals surface area (Å²) in [5.41, 5.74) is -1.14. The van der Waals surface area contributed by atoms with Crippen molar-refractivity contribution in [3.63, 3.8) is 0 Å². The lowest BCUT2D eigenvalue weighted by Crippen LogP contribution is -2.51. The van der Waals surface area contributed by atoms with Crippen molar-refractivity contribution in [2.75, 3.05) is 19.5 Å². The third kappa shape index (κ3) is 5.56. The van der Waals surface area contributed by atoms with Gasteiger partial charge in [0.1, 0.15) is 11.9 Å². The second-order valence-electron chi connectivity index (χ2n) is 10.00. The third-order valence-corrected chi connectivity index (χ3v) is 8.45. The van der Waals surface area contributed by atoms with Crippen molar-refractivity contribution in [1.82, 2.24) is 10.2 Å². The number of carbonyl (C=O) groups excluding carboxylic acids is 2. The van der Waals surface area contributed by atoms with Gasteiger partial charge in [0, 0.05) is 29.3 Å². The number of carbonyl (C=O) groups is 2. The minimum atomic E-state index is -4.72. The Hall–Kier alpha value is -2.99. The van der Waals surface area contributed by atoms with Gasteiger partial charge in [-0.3, -0.25) is 9.59 Å². The van der Waals surface area contributed by atoms with Gasteiger partial charge in [-0.15, -0.1) is 0 Å². The normalized spacial score (nSPS) is 23.1. The predicted molar refractivity (Wildman–Crippen MR) is 129 cm³/mol. The predicted octanol–water partition coefficient (Wildman–Crippen LogP) is 3.99. The quantitative estimate of drug-likeness (QED) is 0.544. The number of amides is 2. The summed E-state index contributed by atoms with van der Waals surface area (Å²) < 4.78 is 83.1. The second-order valence-corrected chi connectivity index (χ2v) is 12.0. The van der Waals surface area contributed by atoms with Crippen LogP contribution in [0.4, 0.5) is 17.6 Å². The smallest absolute Gasteiger partial charge is 0.381 e. The van der Waals surface area contributed by atoms with Crippen molar-refractivity contribution in [2.24, 2.45) is 11.8 Å². The molecule has 2 aromatic carbocycles. The number of alkyl halides is 3. The van der Waals surface area contributed by atoms with E-state index in [0.717, 1.165) is 18.4 Å². The lowest BCUT2D eigenvalue weighted by atomic mass is 9.90. The minimum Gasteiger partial charge on any atom is -0.381 e. The van der Waals surface area contributed by atoms with Crippen LogP contribution in [0.15, 0.2) is 47.4 Å². The molecule has 0 saturated carbocycles. The average Bonchev–Trinajstić information content (AvgIpc) is 3.10. The number of hydrogen-bond acceptors (Lipinski definition) is 5. The number of nitrogens with zero attached hydrogens (tertiary/aromatic N) is 1. The van der Waals surface area contributed by atoms with Gasteiger partial charge in [0.2, 0.25) is 5.91 Å². The molecule has 0 aliphatic carbocycles. The van der Waals surface area contributed by atoms with Crippen LogP contribution in [0, 0.1) is 17.7 Å². The van der Waals surface area contributed by atoms with E-state index >= 15 is 0 Å². The Morgan fingerprint density at radius 1 is 1.11 bits per heavy atom. The Labute approximate surface area is 218 Å². The SMILES string of the molecule is C[C@@H]1C[C@H](C(=O)NC(c2ccc(C(F)(F)F)cc2F)C2COC2)N(C(=O)c2cccc(S(C)(=O)=O)c2)[C@@H]1C. The molecule has 2 aliphatic rings. The molecule has 206 valence electrons. The van der Waals surface area contributed by atoms with E-state index in [4.69, 9.17) is 4.74 Å². The van der Waals surface area contributed by atoms with Crippen LogP contribution in [0.1, 0.15) is 47.8 Å². The third-order valence-electron chi connectivity index (χ3n) is 7.34. The first-order valence-corrected chi connectivity index (χ1v) is 13.9. The standard InChI is InChI=1S/C26H28F4N2O5S/c1-14-9-22(32(15(14)2)25(34)16-5-4-6-19(10-16)38(3,35)36)24(33)31-23(17-12-37-13-17)20-8-7-18(11-21(20)27)26(28,29)30/h4-8,10-11,14-15,17,22-23H,9,12-13H2,1-3H3,(H,31,33)/t14-,15-,22-,23?/m1/s1. The van der Waals surface area contributed by atoms with Crippen molar-refractivity contribution >= 4 is 21.7 Å². The molecule has 0 spiro atoms. The van der Waals surface area contributed by atoms with Gasteiger partial charge in [0.25, 0.3) is 5.91 Å². The summed E-state index contributed by atoms with van der Waals surface area (Å²) in [7, 11) is -3.57. The van der Waals surface area contributed by atoms with Crippen LogP contribution >= 0.6 is 0 Å². The number of halogens is 4. The van der Waals surface area contributed by atoms with Gasteiger partial charge < -0.3 is 15.0 Å². The highest BCUT2D eigenvalue weighted by molar-refractivity contribution is 7.90. The van der Waals surface area contributed by atoms with E-state index in [9.17, 15) is 35.6 Å². The maximum atomic E-state index is 14.9. The number of hydrogen-bond donors (Lipinski definition) is 1. The molecular weight excluding hydrogens is 528 g/mol. The lowest BCUT2D eigenvalue weighted by Gasteiger charge is -2.36. The Morgan fingerprint density at radius 3 is 2.34 bits per heavy atom. The average molecular weight is 557 g/mol. The van der Waals surface area contributed by atoms with E-state index in [1.807, 2.05) is 6.92 Å². The summed E-state index contributed by atoms with van der Waals surface area (Å²) in [6, 6.07) is 5.45. The molecule has 7 nitrogen and oxygen atoms in total. The van der Waals surface area contributed by atoms with Crippen molar-refractivity contribution < 1.29 is 40.3 Å². The zero-order chi connectivity index (χ0) is 28.0. The molecule has 4 atom stereocenters. The van der Waals surface area contributed by atoms with Gasteiger partial charge in [0.15, 0.2) is 9.84 Å². The van der Waals surface area contributed by atoms with Gasteiger partial charge in [-0.25, -0.2) is 12.8 Å². The fraction of sp³-hybridized carbons (Fsp3) is 0.462. The molecule has 1 N–H and O–H groups in total. The summed E-state index contributed by atoms with van der Waals surface area (Å²) in [4.78, 5) is 28.4. The van der Waals surface area contributed by atoms with Crippen LogP contribution in [0.2, 0.25) is 0 Å². The zero-order valence-corrected chi connectivity index (χ0v) is 21.8. The van der Waals surface area contributed by atoms with E-state index in [1.165, 1.54) is 29.2 Å². The Kier molecular flexibility index (Phi) is 7.59. The van der Waals surface area contributed by atoms with Crippen molar-refractivity contribution in [2.45, 2.75) is 49.5 Å². The number of rotatable bonds is 6. The van der Waals surface area contributed by atoms with Crippen LogP contribution in [-0.4, -0.2) is 56.7 Å². The highest BCUT2D eigenvalue weighted by Crippen LogP contribution is 2.36. The second kappa shape index (κ2) is 10.3. The molecule has 2 heterocycles. The first kappa shape index (κ1) is 28.0. The van der Waals surface area contributed by atoms with Crippen LogP contribution in [0.3, 0.4) is 0 Å².